The summed E-state index contributed by atoms with van der Waals surface area (Å²) in [5.41, 5.74) is 2.70. The number of aryl methyl sites for hydroxylation is 2. The van der Waals surface area contributed by atoms with E-state index in [0.717, 1.165) is 31.6 Å². The highest BCUT2D eigenvalue weighted by molar-refractivity contribution is 5.40. The molecule has 0 aliphatic heterocycles. The quantitative estimate of drug-likeness (QED) is 0.743. The highest BCUT2D eigenvalue weighted by atomic mass is 16.3. The van der Waals surface area contributed by atoms with E-state index in [1.165, 1.54) is 24.1 Å². The van der Waals surface area contributed by atoms with Crippen LogP contribution in [-0.2, 0) is 12.8 Å². The third kappa shape index (κ3) is 3.43. The van der Waals surface area contributed by atoms with Crippen LogP contribution in [0.25, 0.3) is 0 Å². The van der Waals surface area contributed by atoms with E-state index in [-0.39, 0.29) is 6.61 Å². The minimum Gasteiger partial charge on any atom is -0.396 e. The van der Waals surface area contributed by atoms with Gasteiger partial charge in [-0.1, -0.05) is 13.0 Å². The van der Waals surface area contributed by atoms with E-state index < -0.39 is 0 Å². The van der Waals surface area contributed by atoms with Crippen LogP contribution >= 0.6 is 0 Å². The van der Waals surface area contributed by atoms with Gasteiger partial charge in [-0.05, 0) is 49.7 Å². The molecule has 17 heavy (non-hydrogen) atoms. The molecule has 0 aromatic carbocycles. The molecule has 3 nitrogen and oxygen atoms in total. The lowest BCUT2D eigenvalue weighted by molar-refractivity contribution is 0.229. The third-order valence-electron chi connectivity index (χ3n) is 3.42. The molecule has 0 saturated heterocycles. The fraction of sp³-hybridized carbons (Fsp3) is 0.643. The number of nitrogens with one attached hydrogen (secondary N) is 1. The minimum atomic E-state index is 0.289. The number of hydrogen-bond donors (Lipinski definition) is 2. The SMILES string of the molecule is CC(CO)CCCNc1ccc2c(n1)CCC2. The Hall–Kier alpha value is -1.09. The van der Waals surface area contributed by atoms with Gasteiger partial charge in [0, 0.05) is 18.8 Å². The molecule has 1 aliphatic rings. The summed E-state index contributed by atoms with van der Waals surface area (Å²) >= 11 is 0. The standard InChI is InChI=1S/C14H22N2O/c1-11(10-17)4-3-9-15-14-8-7-12-5-2-6-13(12)16-14/h7-8,11,17H,2-6,9-10H2,1H3,(H,15,16). The summed E-state index contributed by atoms with van der Waals surface area (Å²) in [6.45, 7) is 3.31. The second-order valence-electron chi connectivity index (χ2n) is 5.01. The normalized spacial score (nSPS) is 15.6. The van der Waals surface area contributed by atoms with E-state index >= 15 is 0 Å². The summed E-state index contributed by atoms with van der Waals surface area (Å²) in [5, 5.41) is 12.3. The minimum absolute atomic E-state index is 0.289. The lowest BCUT2D eigenvalue weighted by Gasteiger charge is -2.09. The van der Waals surface area contributed by atoms with Crippen LogP contribution in [0, 0.1) is 5.92 Å². The number of fused-ring (bicyclic) bond motifs is 1. The van der Waals surface area contributed by atoms with Crippen molar-refractivity contribution in [3.05, 3.63) is 23.4 Å². The summed E-state index contributed by atoms with van der Waals surface area (Å²) < 4.78 is 0. The second-order valence-corrected chi connectivity index (χ2v) is 5.01. The molecule has 0 amide bonds. The van der Waals surface area contributed by atoms with Gasteiger partial charge in [0.2, 0.25) is 0 Å². The molecule has 3 heteroatoms. The number of aromatic nitrogens is 1. The molecule has 1 atom stereocenters. The van der Waals surface area contributed by atoms with Gasteiger partial charge >= 0.3 is 0 Å². The Bertz CT molecular complexity index is 365. The predicted molar refractivity (Wildman–Crippen MR) is 70.2 cm³/mol. The predicted octanol–water partition coefficient (Wildman–Crippen LogP) is 2.39. The number of rotatable bonds is 6. The monoisotopic (exact) mass is 234 g/mol. The van der Waals surface area contributed by atoms with Gasteiger partial charge in [0.05, 0.1) is 0 Å². The highest BCUT2D eigenvalue weighted by Crippen LogP contribution is 2.21. The molecular formula is C14H22N2O. The molecule has 1 heterocycles. The number of anilines is 1. The maximum Gasteiger partial charge on any atom is 0.126 e. The van der Waals surface area contributed by atoms with Crippen LogP contribution in [0.5, 0.6) is 0 Å². The van der Waals surface area contributed by atoms with Crippen LogP contribution in [0.2, 0.25) is 0 Å². The third-order valence-corrected chi connectivity index (χ3v) is 3.42. The molecular weight excluding hydrogens is 212 g/mol. The van der Waals surface area contributed by atoms with Crippen molar-refractivity contribution in [1.29, 1.82) is 0 Å². The Balaban J connectivity index is 1.76. The van der Waals surface area contributed by atoms with Gasteiger partial charge in [-0.25, -0.2) is 4.98 Å². The highest BCUT2D eigenvalue weighted by Gasteiger charge is 2.12. The van der Waals surface area contributed by atoms with Crippen molar-refractivity contribution in [1.82, 2.24) is 4.98 Å². The summed E-state index contributed by atoms with van der Waals surface area (Å²) in [6, 6.07) is 4.29. The Kier molecular flexibility index (Phi) is 4.37. The van der Waals surface area contributed by atoms with E-state index in [2.05, 4.69) is 29.4 Å². The molecule has 0 fully saturated rings. The van der Waals surface area contributed by atoms with Crippen LogP contribution in [0.3, 0.4) is 0 Å². The van der Waals surface area contributed by atoms with E-state index in [1.54, 1.807) is 0 Å². The van der Waals surface area contributed by atoms with Crippen molar-refractivity contribution in [2.75, 3.05) is 18.5 Å². The lowest BCUT2D eigenvalue weighted by atomic mass is 10.1. The maximum atomic E-state index is 8.92. The van der Waals surface area contributed by atoms with Crippen LogP contribution in [0.15, 0.2) is 12.1 Å². The molecule has 1 aromatic heterocycles. The first-order chi connectivity index (χ1) is 8.29. The summed E-state index contributed by atoms with van der Waals surface area (Å²) in [5.74, 6) is 1.41. The number of aliphatic hydroxyl groups is 1. The molecule has 94 valence electrons. The number of nitrogens with zero attached hydrogens (tertiary/aromatic N) is 1. The molecule has 0 bridgehead atoms. The lowest BCUT2D eigenvalue weighted by Crippen LogP contribution is -2.08. The number of pyridine rings is 1. The van der Waals surface area contributed by atoms with Crippen molar-refractivity contribution >= 4 is 5.82 Å². The summed E-state index contributed by atoms with van der Waals surface area (Å²) in [6.07, 6.45) is 5.72. The Morgan fingerprint density at radius 3 is 3.12 bits per heavy atom. The van der Waals surface area contributed by atoms with Crippen molar-refractivity contribution in [3.63, 3.8) is 0 Å². The van der Waals surface area contributed by atoms with Crippen LogP contribution in [-0.4, -0.2) is 23.2 Å². The van der Waals surface area contributed by atoms with Gasteiger partial charge in [-0.2, -0.15) is 0 Å². The van der Waals surface area contributed by atoms with E-state index in [4.69, 9.17) is 5.11 Å². The molecule has 1 unspecified atom stereocenters. The molecule has 1 aliphatic carbocycles. The fourth-order valence-corrected chi connectivity index (χ4v) is 2.28. The first-order valence-electron chi connectivity index (χ1n) is 6.63. The molecule has 2 N–H and O–H groups in total. The summed E-state index contributed by atoms with van der Waals surface area (Å²) in [4.78, 5) is 4.63. The van der Waals surface area contributed by atoms with Crippen molar-refractivity contribution in [2.45, 2.75) is 39.0 Å². The largest absolute Gasteiger partial charge is 0.396 e. The van der Waals surface area contributed by atoms with Crippen molar-refractivity contribution in [2.24, 2.45) is 5.92 Å². The number of hydrogen-bond acceptors (Lipinski definition) is 3. The zero-order chi connectivity index (χ0) is 12.1. The summed E-state index contributed by atoms with van der Waals surface area (Å²) in [7, 11) is 0. The number of aliphatic hydroxyl groups excluding tert-OH is 1. The molecule has 2 rings (SSSR count). The van der Waals surface area contributed by atoms with Gasteiger partial charge in [0.1, 0.15) is 5.82 Å². The first-order valence-corrected chi connectivity index (χ1v) is 6.63. The first kappa shape index (κ1) is 12.4. The fourth-order valence-electron chi connectivity index (χ4n) is 2.28. The molecule has 1 aromatic rings. The Labute approximate surface area is 103 Å². The van der Waals surface area contributed by atoms with E-state index in [0.29, 0.717) is 5.92 Å². The Morgan fingerprint density at radius 2 is 2.29 bits per heavy atom. The average molecular weight is 234 g/mol. The molecule has 0 radical (unpaired) electrons. The smallest absolute Gasteiger partial charge is 0.126 e. The van der Waals surface area contributed by atoms with E-state index in [1.807, 2.05) is 0 Å². The molecule has 0 saturated carbocycles. The van der Waals surface area contributed by atoms with Crippen molar-refractivity contribution in [3.8, 4) is 0 Å². The van der Waals surface area contributed by atoms with Crippen LogP contribution in [0.1, 0.15) is 37.4 Å². The van der Waals surface area contributed by atoms with Gasteiger partial charge in [-0.3, -0.25) is 0 Å². The van der Waals surface area contributed by atoms with Gasteiger partial charge in [0.25, 0.3) is 0 Å². The molecule has 0 spiro atoms. The topological polar surface area (TPSA) is 45.1 Å². The average Bonchev–Trinajstić information content (AvgIpc) is 2.81. The van der Waals surface area contributed by atoms with Gasteiger partial charge in [-0.15, -0.1) is 0 Å². The van der Waals surface area contributed by atoms with Gasteiger partial charge in [0.15, 0.2) is 0 Å². The van der Waals surface area contributed by atoms with E-state index in [9.17, 15) is 0 Å². The Morgan fingerprint density at radius 1 is 1.41 bits per heavy atom. The second kappa shape index (κ2) is 6.01. The maximum absolute atomic E-state index is 8.92. The zero-order valence-corrected chi connectivity index (χ0v) is 10.6. The van der Waals surface area contributed by atoms with Crippen LogP contribution < -0.4 is 5.32 Å². The van der Waals surface area contributed by atoms with Crippen molar-refractivity contribution < 1.29 is 5.11 Å². The van der Waals surface area contributed by atoms with Gasteiger partial charge < -0.3 is 10.4 Å². The zero-order valence-electron chi connectivity index (χ0n) is 10.6. The van der Waals surface area contributed by atoms with Crippen LogP contribution in [0.4, 0.5) is 5.82 Å².